The number of amides is 1. The minimum absolute atomic E-state index is 0.0415. The van der Waals surface area contributed by atoms with Crippen molar-refractivity contribution in [2.75, 3.05) is 6.54 Å². The highest BCUT2D eigenvalue weighted by Gasteiger charge is 2.31. The molecule has 1 amide bonds. The zero-order chi connectivity index (χ0) is 19.2. The molecule has 0 bridgehead atoms. The van der Waals surface area contributed by atoms with E-state index in [-0.39, 0.29) is 16.7 Å². The van der Waals surface area contributed by atoms with Gasteiger partial charge in [0.25, 0.3) is 5.91 Å². The van der Waals surface area contributed by atoms with Crippen molar-refractivity contribution in [2.24, 2.45) is 0 Å². The molecule has 0 aromatic heterocycles. The average molecular weight is 378 g/mol. The van der Waals surface area contributed by atoms with Gasteiger partial charge in [0, 0.05) is 17.7 Å². The lowest BCUT2D eigenvalue weighted by Crippen LogP contribution is -2.27. The molecule has 0 atom stereocenters. The van der Waals surface area contributed by atoms with E-state index in [4.69, 9.17) is 12.2 Å². The monoisotopic (exact) mass is 377 g/mol. The van der Waals surface area contributed by atoms with Gasteiger partial charge < -0.3 is 5.11 Å². The first-order valence-electron chi connectivity index (χ1n) is 8.49. The largest absolute Gasteiger partial charge is 0.507 e. The fourth-order valence-corrected chi connectivity index (χ4v) is 4.19. The summed E-state index contributed by atoms with van der Waals surface area (Å²) in [5.74, 6) is 0.304. The molecule has 1 aromatic rings. The van der Waals surface area contributed by atoms with Gasteiger partial charge in [-0.05, 0) is 41.5 Å². The molecule has 1 saturated heterocycles. The molecule has 1 aromatic carbocycles. The van der Waals surface area contributed by atoms with E-state index in [1.54, 1.807) is 4.90 Å². The summed E-state index contributed by atoms with van der Waals surface area (Å²) < 4.78 is 0.601. The molecule has 5 heteroatoms. The molecule has 2 rings (SSSR count). The Bertz CT molecular complexity index is 717. The molecule has 1 fully saturated rings. The Labute approximate surface area is 160 Å². The van der Waals surface area contributed by atoms with Crippen molar-refractivity contribution in [3.05, 3.63) is 33.7 Å². The van der Waals surface area contributed by atoms with Gasteiger partial charge >= 0.3 is 0 Å². The molecule has 1 aliphatic heterocycles. The lowest BCUT2D eigenvalue weighted by Gasteiger charge is -2.28. The molecule has 0 radical (unpaired) electrons. The summed E-state index contributed by atoms with van der Waals surface area (Å²) in [5.41, 5.74) is 2.30. The van der Waals surface area contributed by atoms with Crippen LogP contribution < -0.4 is 0 Å². The second kappa shape index (κ2) is 6.76. The van der Waals surface area contributed by atoms with E-state index < -0.39 is 0 Å². The van der Waals surface area contributed by atoms with Crippen molar-refractivity contribution in [1.29, 1.82) is 0 Å². The average Bonchev–Trinajstić information content (AvgIpc) is 2.72. The van der Waals surface area contributed by atoms with Gasteiger partial charge in [-0.3, -0.25) is 9.69 Å². The van der Waals surface area contributed by atoms with Crippen LogP contribution in [0, 0.1) is 0 Å². The zero-order valence-electron chi connectivity index (χ0n) is 16.1. The van der Waals surface area contributed by atoms with E-state index in [1.165, 1.54) is 11.8 Å². The summed E-state index contributed by atoms with van der Waals surface area (Å²) in [4.78, 5) is 14.7. The first-order chi connectivity index (χ1) is 11.4. The van der Waals surface area contributed by atoms with Crippen LogP contribution in [0.5, 0.6) is 5.75 Å². The molecular formula is C20H27NO2S2. The van der Waals surface area contributed by atoms with Gasteiger partial charge in [-0.15, -0.1) is 0 Å². The summed E-state index contributed by atoms with van der Waals surface area (Å²) in [6.45, 7) is 15.0. The molecule has 25 heavy (non-hydrogen) atoms. The maximum absolute atomic E-state index is 12.5. The number of nitrogens with zero attached hydrogens (tertiary/aromatic N) is 1. The molecular weight excluding hydrogens is 350 g/mol. The van der Waals surface area contributed by atoms with Gasteiger partial charge in [-0.25, -0.2) is 0 Å². The highest BCUT2D eigenvalue weighted by molar-refractivity contribution is 8.26. The van der Waals surface area contributed by atoms with Crippen molar-refractivity contribution < 1.29 is 9.90 Å². The van der Waals surface area contributed by atoms with Crippen LogP contribution in [-0.4, -0.2) is 26.8 Å². The fourth-order valence-electron chi connectivity index (χ4n) is 2.81. The number of thioether (sulfide) groups is 1. The number of benzene rings is 1. The van der Waals surface area contributed by atoms with Crippen molar-refractivity contribution in [3.8, 4) is 5.75 Å². The van der Waals surface area contributed by atoms with Gasteiger partial charge in [-0.1, -0.05) is 65.5 Å². The summed E-state index contributed by atoms with van der Waals surface area (Å²) in [7, 11) is 0. The molecule has 0 spiro atoms. The summed E-state index contributed by atoms with van der Waals surface area (Å²) >= 11 is 6.63. The Morgan fingerprint density at radius 3 is 1.96 bits per heavy atom. The maximum Gasteiger partial charge on any atom is 0.266 e. The van der Waals surface area contributed by atoms with Crippen LogP contribution in [-0.2, 0) is 15.6 Å². The van der Waals surface area contributed by atoms with Gasteiger partial charge in [0.15, 0.2) is 0 Å². The minimum atomic E-state index is -0.198. The lowest BCUT2D eigenvalue weighted by atomic mass is 9.78. The summed E-state index contributed by atoms with van der Waals surface area (Å²) in [6, 6.07) is 3.95. The number of phenolic OH excluding ortho intramolecular Hbond substituents is 1. The number of carbonyl (C=O) groups excluding carboxylic acids is 1. The Hall–Kier alpha value is -1.33. The van der Waals surface area contributed by atoms with Crippen LogP contribution >= 0.6 is 24.0 Å². The number of thiocarbonyl (C=S) groups is 1. The molecule has 1 heterocycles. The Balaban J connectivity index is 2.62. The van der Waals surface area contributed by atoms with E-state index >= 15 is 0 Å². The van der Waals surface area contributed by atoms with E-state index in [2.05, 4.69) is 41.5 Å². The number of carbonyl (C=O) groups is 1. The first-order valence-corrected chi connectivity index (χ1v) is 9.72. The van der Waals surface area contributed by atoms with E-state index in [0.29, 0.717) is 21.5 Å². The van der Waals surface area contributed by atoms with E-state index in [9.17, 15) is 9.90 Å². The van der Waals surface area contributed by atoms with Gasteiger partial charge in [0.1, 0.15) is 10.1 Å². The number of hydrogen-bond donors (Lipinski definition) is 1. The number of likely N-dealkylation sites (N-methyl/N-ethyl adjacent to an activating group) is 1. The second-order valence-corrected chi connectivity index (χ2v) is 10.1. The predicted octanol–water partition coefficient (Wildman–Crippen LogP) is 5.21. The Morgan fingerprint density at radius 1 is 1.12 bits per heavy atom. The Morgan fingerprint density at radius 2 is 1.60 bits per heavy atom. The van der Waals surface area contributed by atoms with Crippen LogP contribution in [0.15, 0.2) is 17.0 Å². The van der Waals surface area contributed by atoms with Crippen molar-refractivity contribution in [1.82, 2.24) is 4.90 Å². The maximum atomic E-state index is 12.5. The second-order valence-electron chi connectivity index (χ2n) is 8.39. The smallest absolute Gasteiger partial charge is 0.266 e. The van der Waals surface area contributed by atoms with E-state index in [1.807, 2.05) is 25.1 Å². The van der Waals surface area contributed by atoms with Gasteiger partial charge in [0.2, 0.25) is 0 Å². The molecule has 1 N–H and O–H groups in total. The zero-order valence-corrected chi connectivity index (χ0v) is 17.7. The van der Waals surface area contributed by atoms with Crippen LogP contribution in [0.3, 0.4) is 0 Å². The number of phenols is 1. The van der Waals surface area contributed by atoms with Crippen LogP contribution in [0.4, 0.5) is 0 Å². The molecule has 136 valence electrons. The van der Waals surface area contributed by atoms with Crippen LogP contribution in [0.1, 0.15) is 65.2 Å². The third-order valence-corrected chi connectivity index (χ3v) is 5.61. The molecule has 1 aliphatic rings. The van der Waals surface area contributed by atoms with Crippen LogP contribution in [0.25, 0.3) is 6.08 Å². The number of rotatable bonds is 2. The van der Waals surface area contributed by atoms with Gasteiger partial charge in [0.05, 0.1) is 4.91 Å². The van der Waals surface area contributed by atoms with Crippen LogP contribution in [0.2, 0.25) is 0 Å². The van der Waals surface area contributed by atoms with Gasteiger partial charge in [-0.2, -0.15) is 0 Å². The normalized spacial score (nSPS) is 17.7. The minimum Gasteiger partial charge on any atom is -0.507 e. The highest BCUT2D eigenvalue weighted by atomic mass is 32.2. The number of aromatic hydroxyl groups is 1. The standard InChI is InChI=1S/C20H27NO2S2/c1-8-21-17(23)15(25-18(21)24)11-12-9-13(19(2,3)4)16(22)14(10-12)20(5,6)7/h9-11,22H,8H2,1-7H3/b15-11+. The highest BCUT2D eigenvalue weighted by Crippen LogP contribution is 2.41. The molecule has 0 saturated carbocycles. The fraction of sp³-hybridized carbons (Fsp3) is 0.500. The topological polar surface area (TPSA) is 40.5 Å². The lowest BCUT2D eigenvalue weighted by molar-refractivity contribution is -0.121. The van der Waals surface area contributed by atoms with Crippen molar-refractivity contribution >= 4 is 40.3 Å². The molecule has 0 aliphatic carbocycles. The van der Waals surface area contributed by atoms with E-state index in [0.717, 1.165) is 16.7 Å². The number of hydrogen-bond acceptors (Lipinski definition) is 4. The molecule has 0 unspecified atom stereocenters. The predicted molar refractivity (Wildman–Crippen MR) is 111 cm³/mol. The Kier molecular flexibility index (Phi) is 5.41. The molecule has 3 nitrogen and oxygen atoms in total. The first kappa shape index (κ1) is 20.0. The van der Waals surface area contributed by atoms with Crippen molar-refractivity contribution in [3.63, 3.8) is 0 Å². The third-order valence-electron chi connectivity index (χ3n) is 4.24. The summed E-state index contributed by atoms with van der Waals surface area (Å²) in [5, 5.41) is 10.8. The summed E-state index contributed by atoms with van der Waals surface area (Å²) in [6.07, 6.45) is 1.89. The quantitative estimate of drug-likeness (QED) is 0.567. The SMILES string of the molecule is CCN1C(=O)/C(=C\c2cc(C(C)(C)C)c(O)c(C(C)(C)C)c2)SC1=S. The van der Waals surface area contributed by atoms with Crippen molar-refractivity contribution in [2.45, 2.75) is 59.3 Å². The third kappa shape index (κ3) is 4.09.